The second kappa shape index (κ2) is 9.47. The van der Waals surface area contributed by atoms with Crippen LogP contribution in [-0.2, 0) is 16.1 Å². The summed E-state index contributed by atoms with van der Waals surface area (Å²) in [5.41, 5.74) is 0. The Labute approximate surface area is 161 Å². The number of amides is 1. The van der Waals surface area contributed by atoms with Gasteiger partial charge in [0.05, 0.1) is 19.0 Å². The summed E-state index contributed by atoms with van der Waals surface area (Å²) in [6, 6.07) is 7.20. The molecule has 1 aromatic carbocycles. The van der Waals surface area contributed by atoms with Gasteiger partial charge in [0.2, 0.25) is 11.1 Å². The number of nitrogens with one attached hydrogen (secondary N) is 1. The van der Waals surface area contributed by atoms with Crippen molar-refractivity contribution in [3.05, 3.63) is 30.1 Å². The number of rotatable bonds is 9. The van der Waals surface area contributed by atoms with E-state index >= 15 is 0 Å². The molecule has 1 aliphatic heterocycles. The van der Waals surface area contributed by atoms with Gasteiger partial charge >= 0.3 is 0 Å². The zero-order valence-corrected chi connectivity index (χ0v) is 15.9. The average molecular weight is 393 g/mol. The third kappa shape index (κ3) is 5.51. The molecule has 0 spiro atoms. The highest BCUT2D eigenvalue weighted by Crippen LogP contribution is 2.19. The quantitative estimate of drug-likeness (QED) is 0.478. The summed E-state index contributed by atoms with van der Waals surface area (Å²) in [5, 5.41) is 11.3. The van der Waals surface area contributed by atoms with Crippen LogP contribution in [0.15, 0.2) is 29.4 Å². The van der Waals surface area contributed by atoms with Crippen LogP contribution in [0.4, 0.5) is 0 Å². The van der Waals surface area contributed by atoms with E-state index in [2.05, 4.69) is 15.5 Å². The lowest BCUT2D eigenvalue weighted by Crippen LogP contribution is -2.33. The predicted octanol–water partition coefficient (Wildman–Crippen LogP) is 0.967. The monoisotopic (exact) mass is 393 g/mol. The maximum absolute atomic E-state index is 11.9. The van der Waals surface area contributed by atoms with Crippen LogP contribution in [0.2, 0.25) is 0 Å². The molecule has 10 heteroatoms. The fourth-order valence-corrected chi connectivity index (χ4v) is 3.24. The zero-order chi connectivity index (χ0) is 19.1. The van der Waals surface area contributed by atoms with Crippen molar-refractivity contribution in [3.63, 3.8) is 0 Å². The molecule has 3 rings (SSSR count). The van der Waals surface area contributed by atoms with Crippen LogP contribution in [0.5, 0.6) is 11.5 Å². The number of ether oxygens (including phenoxy) is 3. The number of hydrogen-bond acceptors (Lipinski definition) is 8. The molecule has 2 aromatic rings. The van der Waals surface area contributed by atoms with E-state index in [0.29, 0.717) is 23.3 Å². The number of nitrogen functional groups attached to an aromatic ring is 1. The summed E-state index contributed by atoms with van der Waals surface area (Å²) in [4.78, 5) is 11.9. The maximum atomic E-state index is 11.9. The SMILES string of the molecule is COc1ccc(OCc2nnc(SCC(=O)NC[C@H]3CCCO3)n2N)cc1. The summed E-state index contributed by atoms with van der Waals surface area (Å²) >= 11 is 1.22. The Kier molecular flexibility index (Phi) is 6.77. The number of carbonyl (C=O) groups is 1. The molecule has 0 radical (unpaired) electrons. The lowest BCUT2D eigenvalue weighted by Gasteiger charge is -2.10. The van der Waals surface area contributed by atoms with E-state index in [-0.39, 0.29) is 24.4 Å². The van der Waals surface area contributed by atoms with Crippen LogP contribution >= 0.6 is 11.8 Å². The molecule has 1 saturated heterocycles. The van der Waals surface area contributed by atoms with Crippen molar-refractivity contribution >= 4 is 17.7 Å². The molecular weight excluding hydrogens is 370 g/mol. The number of nitrogens with zero attached hydrogens (tertiary/aromatic N) is 3. The van der Waals surface area contributed by atoms with E-state index in [9.17, 15) is 4.79 Å². The molecule has 3 N–H and O–H groups in total. The number of carbonyl (C=O) groups excluding carboxylic acids is 1. The minimum Gasteiger partial charge on any atom is -0.497 e. The Morgan fingerprint density at radius 2 is 2.15 bits per heavy atom. The van der Waals surface area contributed by atoms with E-state index in [4.69, 9.17) is 20.1 Å². The van der Waals surface area contributed by atoms with Crippen molar-refractivity contribution in [3.8, 4) is 11.5 Å². The smallest absolute Gasteiger partial charge is 0.230 e. The predicted molar refractivity (Wildman–Crippen MR) is 100 cm³/mol. The molecule has 1 amide bonds. The van der Waals surface area contributed by atoms with Crippen LogP contribution in [0, 0.1) is 0 Å². The van der Waals surface area contributed by atoms with Gasteiger partial charge in [0.25, 0.3) is 0 Å². The lowest BCUT2D eigenvalue weighted by atomic mass is 10.2. The first-order valence-corrected chi connectivity index (χ1v) is 9.61. The van der Waals surface area contributed by atoms with Crippen molar-refractivity contribution in [1.29, 1.82) is 0 Å². The van der Waals surface area contributed by atoms with Crippen LogP contribution in [0.1, 0.15) is 18.7 Å². The highest BCUT2D eigenvalue weighted by Gasteiger charge is 2.17. The van der Waals surface area contributed by atoms with Crippen molar-refractivity contribution in [2.45, 2.75) is 30.7 Å². The fourth-order valence-electron chi connectivity index (χ4n) is 2.54. The first-order chi connectivity index (χ1) is 13.2. The molecule has 146 valence electrons. The molecule has 0 bridgehead atoms. The van der Waals surface area contributed by atoms with Gasteiger partial charge in [-0.05, 0) is 37.1 Å². The van der Waals surface area contributed by atoms with Crippen LogP contribution in [0.25, 0.3) is 0 Å². The Hall–Kier alpha value is -2.46. The molecule has 0 saturated carbocycles. The Morgan fingerprint density at radius 3 is 2.85 bits per heavy atom. The van der Waals surface area contributed by atoms with E-state index in [0.717, 1.165) is 25.2 Å². The molecule has 1 atom stereocenters. The molecule has 9 nitrogen and oxygen atoms in total. The van der Waals surface area contributed by atoms with Gasteiger partial charge < -0.3 is 25.4 Å². The van der Waals surface area contributed by atoms with Crippen molar-refractivity contribution in [2.24, 2.45) is 0 Å². The van der Waals surface area contributed by atoms with E-state index in [1.54, 1.807) is 31.4 Å². The van der Waals surface area contributed by atoms with Crippen molar-refractivity contribution < 1.29 is 19.0 Å². The van der Waals surface area contributed by atoms with Crippen LogP contribution < -0.4 is 20.6 Å². The highest BCUT2D eigenvalue weighted by atomic mass is 32.2. The number of thioether (sulfide) groups is 1. The van der Waals surface area contributed by atoms with E-state index in [1.807, 2.05) is 0 Å². The Morgan fingerprint density at radius 1 is 1.37 bits per heavy atom. The fraction of sp³-hybridized carbons (Fsp3) is 0.471. The van der Waals surface area contributed by atoms with Gasteiger partial charge in [0.1, 0.15) is 18.1 Å². The van der Waals surface area contributed by atoms with Gasteiger partial charge in [0, 0.05) is 13.2 Å². The van der Waals surface area contributed by atoms with E-state index < -0.39 is 0 Å². The number of benzene rings is 1. The molecule has 1 aliphatic rings. The van der Waals surface area contributed by atoms with Gasteiger partial charge in [-0.15, -0.1) is 10.2 Å². The van der Waals surface area contributed by atoms with Gasteiger partial charge in [-0.3, -0.25) is 4.79 Å². The number of aromatic nitrogens is 3. The highest BCUT2D eigenvalue weighted by molar-refractivity contribution is 7.99. The van der Waals surface area contributed by atoms with Gasteiger partial charge in [-0.25, -0.2) is 4.68 Å². The molecular formula is C17H23N5O4S. The zero-order valence-electron chi connectivity index (χ0n) is 15.1. The van der Waals surface area contributed by atoms with Gasteiger partial charge in [-0.1, -0.05) is 11.8 Å². The number of methoxy groups -OCH3 is 1. The molecule has 0 unspecified atom stereocenters. The largest absolute Gasteiger partial charge is 0.497 e. The Bertz CT molecular complexity index is 746. The molecule has 1 fully saturated rings. The third-order valence-electron chi connectivity index (χ3n) is 4.05. The second-order valence-electron chi connectivity index (χ2n) is 5.96. The van der Waals surface area contributed by atoms with Crippen LogP contribution in [-0.4, -0.2) is 52.9 Å². The third-order valence-corrected chi connectivity index (χ3v) is 4.99. The maximum Gasteiger partial charge on any atom is 0.230 e. The van der Waals surface area contributed by atoms with Gasteiger partial charge in [0.15, 0.2) is 5.82 Å². The molecule has 0 aliphatic carbocycles. The normalized spacial score (nSPS) is 16.3. The second-order valence-corrected chi connectivity index (χ2v) is 6.90. The first kappa shape index (κ1) is 19.3. The minimum atomic E-state index is -0.0884. The minimum absolute atomic E-state index is 0.0884. The molecule has 2 heterocycles. The molecule has 27 heavy (non-hydrogen) atoms. The summed E-state index contributed by atoms with van der Waals surface area (Å²) in [5.74, 6) is 8.00. The topological polar surface area (TPSA) is 114 Å². The summed E-state index contributed by atoms with van der Waals surface area (Å²) in [6.45, 7) is 1.48. The summed E-state index contributed by atoms with van der Waals surface area (Å²) < 4.78 is 17.6. The summed E-state index contributed by atoms with van der Waals surface area (Å²) in [6.07, 6.45) is 2.16. The number of nitrogens with two attached hydrogens (primary N) is 1. The first-order valence-electron chi connectivity index (χ1n) is 8.63. The standard InChI is InChI=1S/C17H23N5O4S/c1-24-12-4-6-13(7-5-12)26-10-15-20-21-17(22(15)18)27-11-16(23)19-9-14-3-2-8-25-14/h4-7,14H,2-3,8-11,18H2,1H3,(H,19,23)/t14-/m1/s1. The summed E-state index contributed by atoms with van der Waals surface area (Å²) in [7, 11) is 1.61. The van der Waals surface area contributed by atoms with Gasteiger partial charge in [-0.2, -0.15) is 0 Å². The molecule has 1 aromatic heterocycles. The average Bonchev–Trinajstić information content (AvgIpc) is 3.33. The van der Waals surface area contributed by atoms with Crippen molar-refractivity contribution in [2.75, 3.05) is 31.9 Å². The number of hydrogen-bond donors (Lipinski definition) is 2. The van der Waals surface area contributed by atoms with E-state index in [1.165, 1.54) is 16.4 Å². The van der Waals surface area contributed by atoms with Crippen molar-refractivity contribution in [1.82, 2.24) is 20.2 Å². The lowest BCUT2D eigenvalue weighted by molar-refractivity contribution is -0.119. The van der Waals surface area contributed by atoms with Crippen LogP contribution in [0.3, 0.4) is 0 Å². The Balaban J connectivity index is 1.43.